The van der Waals surface area contributed by atoms with Crippen molar-refractivity contribution in [2.45, 2.75) is 236 Å². The fourth-order valence-electron chi connectivity index (χ4n) is 6.98. The molecule has 0 bridgehead atoms. The SMILES string of the molecule is CCCCCCCCCC/C=C/CCCCCC(=O)OC[C@H](COP(=O)(O)OC1C(O)C(O)C(O)[C@@H](O)C1O)OC(=O)CCCCC/C=C/CCCCCCCCCC. The lowest BCUT2D eigenvalue weighted by atomic mass is 9.85. The zero-order valence-corrected chi connectivity index (χ0v) is 37.4. The van der Waals surface area contributed by atoms with Crippen LogP contribution in [0.3, 0.4) is 0 Å². The van der Waals surface area contributed by atoms with E-state index in [4.69, 9.17) is 18.5 Å². The third-order valence-electron chi connectivity index (χ3n) is 10.8. The van der Waals surface area contributed by atoms with Crippen molar-refractivity contribution in [3.8, 4) is 0 Å². The van der Waals surface area contributed by atoms with E-state index in [1.807, 2.05) is 0 Å². The van der Waals surface area contributed by atoms with Gasteiger partial charge in [-0.1, -0.05) is 141 Å². The number of esters is 2. The van der Waals surface area contributed by atoms with Crippen molar-refractivity contribution in [1.82, 2.24) is 0 Å². The Balaban J connectivity index is 2.48. The van der Waals surface area contributed by atoms with Gasteiger partial charge < -0.3 is 39.9 Å². The number of unbranched alkanes of at least 4 members (excludes halogenated alkanes) is 22. The number of carbonyl (C=O) groups excluding carboxylic acids is 2. The summed E-state index contributed by atoms with van der Waals surface area (Å²) in [5.41, 5.74) is 0. The zero-order chi connectivity index (χ0) is 43.6. The molecule has 0 spiro atoms. The van der Waals surface area contributed by atoms with Crippen LogP contribution in [0.4, 0.5) is 0 Å². The highest BCUT2D eigenvalue weighted by Gasteiger charge is 2.51. The Kier molecular flexibility index (Phi) is 33.7. The van der Waals surface area contributed by atoms with Crippen LogP contribution in [0.5, 0.6) is 0 Å². The summed E-state index contributed by atoms with van der Waals surface area (Å²) in [5, 5.41) is 50.1. The lowest BCUT2D eigenvalue weighted by Gasteiger charge is -2.41. The molecule has 8 atom stereocenters. The van der Waals surface area contributed by atoms with Gasteiger partial charge in [-0.2, -0.15) is 0 Å². The molecule has 0 amide bonds. The van der Waals surface area contributed by atoms with Gasteiger partial charge in [0.2, 0.25) is 0 Å². The molecule has 1 fully saturated rings. The van der Waals surface area contributed by atoms with Crippen molar-refractivity contribution < 1.29 is 63.1 Å². The van der Waals surface area contributed by atoms with Gasteiger partial charge in [0.25, 0.3) is 0 Å². The fraction of sp³-hybridized carbons (Fsp3) is 0.867. The summed E-state index contributed by atoms with van der Waals surface area (Å²) in [6.07, 6.45) is 25.2. The molecule has 0 aromatic heterocycles. The van der Waals surface area contributed by atoms with Crippen LogP contribution in [-0.4, -0.2) is 98.3 Å². The minimum absolute atomic E-state index is 0.0752. The van der Waals surface area contributed by atoms with Gasteiger partial charge in [-0.3, -0.25) is 18.6 Å². The van der Waals surface area contributed by atoms with Gasteiger partial charge in [0.15, 0.2) is 6.10 Å². The van der Waals surface area contributed by atoms with E-state index in [2.05, 4.69) is 38.2 Å². The van der Waals surface area contributed by atoms with Crippen LogP contribution in [0.2, 0.25) is 0 Å². The quantitative estimate of drug-likeness (QED) is 0.0149. The summed E-state index contributed by atoms with van der Waals surface area (Å²) in [5.74, 6) is -1.13. The lowest BCUT2D eigenvalue weighted by Crippen LogP contribution is -2.64. The molecule has 1 aliphatic carbocycles. The van der Waals surface area contributed by atoms with E-state index in [1.165, 1.54) is 103 Å². The van der Waals surface area contributed by atoms with Crippen LogP contribution in [0.25, 0.3) is 0 Å². The van der Waals surface area contributed by atoms with Crippen molar-refractivity contribution in [2.24, 2.45) is 0 Å². The van der Waals surface area contributed by atoms with Crippen LogP contribution < -0.4 is 0 Å². The Labute approximate surface area is 356 Å². The minimum Gasteiger partial charge on any atom is -0.462 e. The molecule has 0 aromatic carbocycles. The lowest BCUT2D eigenvalue weighted by molar-refractivity contribution is -0.220. The highest BCUT2D eigenvalue weighted by atomic mass is 31.2. The number of hydrogen-bond donors (Lipinski definition) is 6. The van der Waals surface area contributed by atoms with Crippen LogP contribution in [0.15, 0.2) is 24.3 Å². The van der Waals surface area contributed by atoms with Crippen LogP contribution in [0, 0.1) is 0 Å². The molecular formula is C45H83O13P. The first kappa shape index (κ1) is 55.3. The average Bonchev–Trinajstić information content (AvgIpc) is 3.21. The number of phosphoric acid groups is 1. The van der Waals surface area contributed by atoms with E-state index < -0.39 is 75.7 Å². The van der Waals surface area contributed by atoms with Gasteiger partial charge in [-0.15, -0.1) is 0 Å². The fourth-order valence-corrected chi connectivity index (χ4v) is 7.95. The second-order valence-electron chi connectivity index (χ2n) is 16.3. The molecule has 1 saturated carbocycles. The van der Waals surface area contributed by atoms with E-state index in [0.717, 1.165) is 51.4 Å². The smallest absolute Gasteiger partial charge is 0.462 e. The van der Waals surface area contributed by atoms with Gasteiger partial charge in [0.05, 0.1) is 6.61 Å². The molecule has 1 rings (SSSR count). The van der Waals surface area contributed by atoms with Crippen molar-refractivity contribution in [1.29, 1.82) is 0 Å². The maximum atomic E-state index is 12.8. The van der Waals surface area contributed by atoms with E-state index in [-0.39, 0.29) is 12.8 Å². The molecule has 1 aliphatic rings. The van der Waals surface area contributed by atoms with Crippen molar-refractivity contribution in [2.75, 3.05) is 13.2 Å². The molecule has 13 nitrogen and oxygen atoms in total. The molecule has 346 valence electrons. The van der Waals surface area contributed by atoms with Crippen molar-refractivity contribution in [3.63, 3.8) is 0 Å². The molecule has 0 aromatic rings. The summed E-state index contributed by atoms with van der Waals surface area (Å²) in [6.45, 7) is 3.27. The highest BCUT2D eigenvalue weighted by molar-refractivity contribution is 7.47. The normalized spacial score (nSPS) is 22.5. The van der Waals surface area contributed by atoms with E-state index in [9.17, 15) is 44.6 Å². The predicted octanol–water partition coefficient (Wildman–Crippen LogP) is 8.84. The first-order chi connectivity index (χ1) is 28.4. The summed E-state index contributed by atoms with van der Waals surface area (Å²) in [7, 11) is -5.12. The predicted molar refractivity (Wildman–Crippen MR) is 230 cm³/mol. The van der Waals surface area contributed by atoms with Gasteiger partial charge in [0, 0.05) is 12.8 Å². The molecule has 0 saturated heterocycles. The molecule has 0 heterocycles. The molecule has 0 aliphatic heterocycles. The van der Waals surface area contributed by atoms with Crippen LogP contribution >= 0.6 is 7.82 Å². The van der Waals surface area contributed by atoms with Crippen molar-refractivity contribution in [3.05, 3.63) is 24.3 Å². The Hall–Kier alpha value is -1.67. The number of hydrogen-bond acceptors (Lipinski definition) is 12. The molecule has 59 heavy (non-hydrogen) atoms. The topological polar surface area (TPSA) is 210 Å². The average molecular weight is 863 g/mol. The zero-order valence-electron chi connectivity index (χ0n) is 36.6. The van der Waals surface area contributed by atoms with E-state index in [0.29, 0.717) is 12.8 Å². The largest absolute Gasteiger partial charge is 0.472 e. The number of phosphoric ester groups is 1. The molecule has 0 radical (unpaired) electrons. The van der Waals surface area contributed by atoms with Gasteiger partial charge >= 0.3 is 19.8 Å². The van der Waals surface area contributed by atoms with Gasteiger partial charge in [-0.25, -0.2) is 4.57 Å². The number of aliphatic hydroxyl groups excluding tert-OH is 5. The van der Waals surface area contributed by atoms with E-state index >= 15 is 0 Å². The molecule has 14 heteroatoms. The summed E-state index contributed by atoms with van der Waals surface area (Å²) in [6, 6.07) is 0. The van der Waals surface area contributed by atoms with Crippen LogP contribution in [-0.2, 0) is 32.7 Å². The summed E-state index contributed by atoms with van der Waals surface area (Å²) < 4.78 is 33.5. The Morgan fingerprint density at radius 3 is 1.29 bits per heavy atom. The summed E-state index contributed by atoms with van der Waals surface area (Å²) in [4.78, 5) is 35.7. The molecular weight excluding hydrogens is 779 g/mol. The number of allylic oxidation sites excluding steroid dienone is 4. The Morgan fingerprint density at radius 1 is 0.508 bits per heavy atom. The Bertz CT molecular complexity index is 1130. The second kappa shape index (κ2) is 35.9. The van der Waals surface area contributed by atoms with E-state index in [1.54, 1.807) is 0 Å². The maximum absolute atomic E-state index is 12.8. The van der Waals surface area contributed by atoms with Gasteiger partial charge in [-0.05, 0) is 64.2 Å². The number of rotatable bonds is 38. The Morgan fingerprint density at radius 2 is 0.864 bits per heavy atom. The number of ether oxygens (including phenoxy) is 2. The first-order valence-corrected chi connectivity index (χ1v) is 24.6. The summed E-state index contributed by atoms with van der Waals surface area (Å²) >= 11 is 0. The maximum Gasteiger partial charge on any atom is 0.472 e. The highest BCUT2D eigenvalue weighted by Crippen LogP contribution is 2.47. The van der Waals surface area contributed by atoms with Gasteiger partial charge in [0.1, 0.15) is 43.2 Å². The van der Waals surface area contributed by atoms with Crippen molar-refractivity contribution >= 4 is 19.8 Å². The standard InChI is InChI=1S/C45H83O13P/c1-3-5-7-9-11-13-15-17-19-21-23-25-27-29-31-33-38(46)55-35-37(36-56-59(53,54)58-45-43(51)41(49)40(48)42(50)44(45)52)57-39(47)34-32-30-28-26-24-22-20-18-16-14-12-10-8-6-4-2/h21-24,37,40-45,48-52H,3-20,25-36H2,1-2H3,(H,53,54)/b23-21+,24-22+/t37-,40?,41-,42?,43?,44?,45?/m1/s1. The first-order valence-electron chi connectivity index (χ1n) is 23.1. The minimum atomic E-state index is -5.12. The second-order valence-corrected chi connectivity index (χ2v) is 17.7. The monoisotopic (exact) mass is 863 g/mol. The number of aliphatic hydroxyl groups is 5. The third kappa shape index (κ3) is 28.5. The van der Waals surface area contributed by atoms with Crippen LogP contribution in [0.1, 0.15) is 194 Å². The third-order valence-corrected chi connectivity index (χ3v) is 11.8. The molecule has 6 unspecified atom stereocenters. The number of carbonyl (C=O) groups is 2. The molecule has 6 N–H and O–H groups in total.